The number of anilines is 1. The molecule has 2 aliphatic heterocycles. The van der Waals surface area contributed by atoms with Crippen LogP contribution in [0.15, 0.2) is 98.8 Å². The molecule has 5 aromatic rings. The summed E-state index contributed by atoms with van der Waals surface area (Å²) >= 11 is 6.24. The van der Waals surface area contributed by atoms with Gasteiger partial charge >= 0.3 is 0 Å². The zero-order chi connectivity index (χ0) is 26.9. The van der Waals surface area contributed by atoms with Crippen molar-refractivity contribution < 1.29 is 18.4 Å². The smallest absolute Gasteiger partial charge is 0.291 e. The van der Waals surface area contributed by atoms with Gasteiger partial charge in [0.2, 0.25) is 5.76 Å². The number of carbonyl (C=O) groups excluding carboxylic acids is 2. The Morgan fingerprint density at radius 3 is 2.49 bits per heavy atom. The third-order valence-corrected chi connectivity index (χ3v) is 7.92. The highest BCUT2D eigenvalue weighted by Gasteiger charge is 2.65. The second-order valence-electron chi connectivity index (χ2n) is 9.79. The molecule has 1 atom stereocenters. The minimum Gasteiger partial charge on any atom is -0.467 e. The molecule has 8 heteroatoms. The first kappa shape index (κ1) is 23.5. The van der Waals surface area contributed by atoms with Crippen LogP contribution in [0.3, 0.4) is 0 Å². The number of carbonyl (C=O) groups is 2. The third kappa shape index (κ3) is 3.20. The summed E-state index contributed by atoms with van der Waals surface area (Å²) in [5.74, 6) is -0.643. The van der Waals surface area contributed by atoms with Crippen LogP contribution in [0.5, 0.6) is 0 Å². The molecule has 1 unspecified atom stereocenters. The molecule has 0 saturated heterocycles. The van der Waals surface area contributed by atoms with E-state index < -0.39 is 22.8 Å². The molecule has 7 rings (SSSR count). The van der Waals surface area contributed by atoms with E-state index in [4.69, 9.17) is 20.4 Å². The molecule has 7 nitrogen and oxygen atoms in total. The van der Waals surface area contributed by atoms with Crippen LogP contribution in [0, 0.1) is 6.92 Å². The van der Waals surface area contributed by atoms with E-state index in [1.807, 2.05) is 43.3 Å². The average Bonchev–Trinajstić information content (AvgIpc) is 3.60. The molecule has 0 fully saturated rings. The average molecular weight is 537 g/mol. The predicted molar refractivity (Wildman–Crippen MR) is 146 cm³/mol. The zero-order valence-corrected chi connectivity index (χ0v) is 21.6. The van der Waals surface area contributed by atoms with E-state index in [1.54, 1.807) is 41.3 Å². The minimum absolute atomic E-state index is 0.00134. The highest BCUT2D eigenvalue weighted by molar-refractivity contribution is 6.31. The van der Waals surface area contributed by atoms with Gasteiger partial charge in [-0.05, 0) is 54.4 Å². The molecule has 192 valence electrons. The van der Waals surface area contributed by atoms with Gasteiger partial charge in [-0.15, -0.1) is 0 Å². The van der Waals surface area contributed by atoms with Crippen LogP contribution in [-0.4, -0.2) is 16.7 Å². The number of benzene rings is 3. The number of halogens is 1. The Labute approximate surface area is 227 Å². The summed E-state index contributed by atoms with van der Waals surface area (Å²) in [5.41, 5.74) is 1.16. The molecule has 0 radical (unpaired) electrons. The quantitative estimate of drug-likeness (QED) is 0.290. The standard InChI is InChI=1S/C31H21ClN2O5/c1-18-7-2-3-8-19(18)16-33-24-11-5-4-10-23(24)31(30(33)37)26-27(35)22-15-20(32)12-13-25(22)39-28(26)29(36)34(31)17-21-9-6-14-38-21/h2-15H,16-17H2,1H3. The number of hydrogen-bond donors (Lipinski definition) is 0. The molecule has 39 heavy (non-hydrogen) atoms. The SMILES string of the molecule is Cc1ccccc1CN1C(=O)C2(c3ccccc31)c1c(oc3ccc(Cl)cc3c1=O)C(=O)N2Cc1ccco1. The summed E-state index contributed by atoms with van der Waals surface area (Å²) < 4.78 is 11.7. The van der Waals surface area contributed by atoms with E-state index in [0.29, 0.717) is 22.0 Å². The summed E-state index contributed by atoms with van der Waals surface area (Å²) in [7, 11) is 0. The minimum atomic E-state index is -1.74. The van der Waals surface area contributed by atoms with Gasteiger partial charge in [0.15, 0.2) is 11.0 Å². The lowest BCUT2D eigenvalue weighted by atomic mass is 9.84. The number of nitrogens with zero attached hydrogens (tertiary/aromatic N) is 2. The van der Waals surface area contributed by atoms with E-state index in [9.17, 15) is 14.4 Å². The molecule has 4 heterocycles. The molecule has 0 N–H and O–H groups in total. The van der Waals surface area contributed by atoms with E-state index >= 15 is 0 Å². The van der Waals surface area contributed by atoms with Gasteiger partial charge < -0.3 is 18.6 Å². The van der Waals surface area contributed by atoms with Crippen molar-refractivity contribution in [3.63, 3.8) is 0 Å². The van der Waals surface area contributed by atoms with Crippen LogP contribution in [0.2, 0.25) is 5.02 Å². The number of fused-ring (bicyclic) bond motifs is 5. The van der Waals surface area contributed by atoms with Crippen LogP contribution in [-0.2, 0) is 23.4 Å². The van der Waals surface area contributed by atoms with Gasteiger partial charge in [0.05, 0.1) is 36.0 Å². The second-order valence-corrected chi connectivity index (χ2v) is 10.2. The Bertz CT molecular complexity index is 1880. The first-order valence-corrected chi connectivity index (χ1v) is 12.9. The Morgan fingerprint density at radius 2 is 1.69 bits per heavy atom. The summed E-state index contributed by atoms with van der Waals surface area (Å²) in [6, 6.07) is 23.2. The lowest BCUT2D eigenvalue weighted by Crippen LogP contribution is -2.52. The topological polar surface area (TPSA) is 84.0 Å². The number of furan rings is 1. The molecule has 2 aromatic heterocycles. The highest BCUT2D eigenvalue weighted by Crippen LogP contribution is 2.53. The monoisotopic (exact) mass is 536 g/mol. The first-order chi connectivity index (χ1) is 18.9. The molecular weight excluding hydrogens is 516 g/mol. The van der Waals surface area contributed by atoms with Crippen molar-refractivity contribution in [2.75, 3.05) is 4.90 Å². The lowest BCUT2D eigenvalue weighted by Gasteiger charge is -2.33. The summed E-state index contributed by atoms with van der Waals surface area (Å²) in [6.07, 6.45) is 1.50. The maximum atomic E-state index is 14.8. The Morgan fingerprint density at radius 1 is 0.897 bits per heavy atom. The van der Waals surface area contributed by atoms with E-state index in [-0.39, 0.29) is 35.4 Å². The Kier molecular flexibility index (Phi) is 5.09. The molecule has 0 aliphatic carbocycles. The molecule has 1 spiro atoms. The van der Waals surface area contributed by atoms with Crippen molar-refractivity contribution in [1.82, 2.24) is 4.90 Å². The van der Waals surface area contributed by atoms with Crippen molar-refractivity contribution in [2.24, 2.45) is 0 Å². The van der Waals surface area contributed by atoms with Gasteiger partial charge in [-0.2, -0.15) is 0 Å². The zero-order valence-electron chi connectivity index (χ0n) is 20.8. The first-order valence-electron chi connectivity index (χ1n) is 12.5. The van der Waals surface area contributed by atoms with Crippen LogP contribution >= 0.6 is 11.6 Å². The molecular formula is C31H21ClN2O5. The van der Waals surface area contributed by atoms with Crippen LogP contribution in [0.4, 0.5) is 5.69 Å². The Hall–Kier alpha value is -4.62. The lowest BCUT2D eigenvalue weighted by molar-refractivity contribution is -0.126. The maximum absolute atomic E-state index is 14.8. The Balaban J connectivity index is 1.53. The highest BCUT2D eigenvalue weighted by atomic mass is 35.5. The number of aryl methyl sites for hydroxylation is 1. The molecule has 2 aliphatic rings. The number of hydrogen-bond acceptors (Lipinski definition) is 5. The van der Waals surface area contributed by atoms with Crippen molar-refractivity contribution in [2.45, 2.75) is 25.6 Å². The fraction of sp³-hybridized carbons (Fsp3) is 0.129. The van der Waals surface area contributed by atoms with Gasteiger partial charge in [0.1, 0.15) is 11.3 Å². The summed E-state index contributed by atoms with van der Waals surface area (Å²) in [5, 5.41) is 0.552. The molecule has 0 saturated carbocycles. The second kappa shape index (κ2) is 8.44. The largest absolute Gasteiger partial charge is 0.467 e. The summed E-state index contributed by atoms with van der Waals surface area (Å²) in [4.78, 5) is 46.1. The predicted octanol–water partition coefficient (Wildman–Crippen LogP) is 5.79. The number of rotatable bonds is 4. The van der Waals surface area contributed by atoms with Crippen molar-refractivity contribution in [3.05, 3.63) is 134 Å². The number of amides is 2. The van der Waals surface area contributed by atoms with Crippen molar-refractivity contribution >= 4 is 40.1 Å². The fourth-order valence-electron chi connectivity index (χ4n) is 5.86. The van der Waals surface area contributed by atoms with Crippen LogP contribution in [0.25, 0.3) is 11.0 Å². The van der Waals surface area contributed by atoms with Gasteiger partial charge in [-0.3, -0.25) is 14.4 Å². The fourth-order valence-corrected chi connectivity index (χ4v) is 6.03. The van der Waals surface area contributed by atoms with E-state index in [2.05, 4.69) is 0 Å². The van der Waals surface area contributed by atoms with Crippen LogP contribution < -0.4 is 10.3 Å². The van der Waals surface area contributed by atoms with Gasteiger partial charge in [0, 0.05) is 10.6 Å². The van der Waals surface area contributed by atoms with Crippen molar-refractivity contribution in [3.8, 4) is 0 Å². The third-order valence-electron chi connectivity index (χ3n) is 7.68. The van der Waals surface area contributed by atoms with Gasteiger partial charge in [-0.1, -0.05) is 54.1 Å². The summed E-state index contributed by atoms with van der Waals surface area (Å²) in [6.45, 7) is 2.22. The molecule has 0 bridgehead atoms. The van der Waals surface area contributed by atoms with Crippen LogP contribution in [0.1, 0.15) is 38.6 Å². The molecule has 2 amide bonds. The normalized spacial score (nSPS) is 17.9. The van der Waals surface area contributed by atoms with Gasteiger partial charge in [0.25, 0.3) is 11.8 Å². The maximum Gasteiger partial charge on any atom is 0.291 e. The van der Waals surface area contributed by atoms with Gasteiger partial charge in [-0.25, -0.2) is 0 Å². The number of para-hydroxylation sites is 1. The van der Waals surface area contributed by atoms with E-state index in [0.717, 1.165) is 11.1 Å². The molecule has 3 aromatic carbocycles. The van der Waals surface area contributed by atoms with E-state index in [1.165, 1.54) is 17.2 Å². The van der Waals surface area contributed by atoms with Crippen molar-refractivity contribution in [1.29, 1.82) is 0 Å².